The van der Waals surface area contributed by atoms with Gasteiger partial charge in [0.2, 0.25) is 5.78 Å². The molecule has 0 unspecified atom stereocenters. The Morgan fingerprint density at radius 2 is 1.37 bits per heavy atom. The third kappa shape index (κ3) is 5.06. The fraction of sp³-hybridized carbons (Fsp3) is 0.129. The molecule has 4 aromatic rings. The fourth-order valence-corrected chi connectivity index (χ4v) is 4.29. The molecule has 1 heterocycles. The van der Waals surface area contributed by atoms with Gasteiger partial charge in [-0.3, -0.25) is 4.79 Å². The zero-order valence-corrected chi connectivity index (χ0v) is 21.0. The van der Waals surface area contributed by atoms with Crippen LogP contribution in [0, 0.1) is 12.3 Å². The van der Waals surface area contributed by atoms with Gasteiger partial charge in [-0.15, -0.1) is 6.42 Å². The first kappa shape index (κ1) is 26.0. The summed E-state index contributed by atoms with van der Waals surface area (Å²) in [6.07, 6.45) is 5.43. The average Bonchev–Trinajstić information content (AvgIpc) is 3.30. The number of rotatable bonds is 9. The van der Waals surface area contributed by atoms with Crippen LogP contribution in [-0.2, 0) is 16.0 Å². The van der Waals surface area contributed by atoms with E-state index in [4.69, 9.17) is 20.6 Å². The van der Waals surface area contributed by atoms with E-state index in [1.54, 1.807) is 59.2 Å². The molecule has 0 radical (unpaired) electrons. The number of esters is 2. The smallest absolute Gasteiger partial charge is 0.341 e. The van der Waals surface area contributed by atoms with Gasteiger partial charge < -0.3 is 18.8 Å². The van der Waals surface area contributed by atoms with Crippen LogP contribution in [0.1, 0.15) is 42.3 Å². The molecule has 0 aliphatic rings. The molecule has 3 aromatic carbocycles. The van der Waals surface area contributed by atoms with Crippen molar-refractivity contribution in [3.63, 3.8) is 0 Å². The van der Waals surface area contributed by atoms with E-state index < -0.39 is 17.7 Å². The number of para-hydroxylation sites is 1. The summed E-state index contributed by atoms with van der Waals surface area (Å²) in [7, 11) is 2.40. The first-order valence-electron chi connectivity index (χ1n) is 11.7. The van der Waals surface area contributed by atoms with Gasteiger partial charge in [0.25, 0.3) is 0 Å². The van der Waals surface area contributed by atoms with Gasteiger partial charge >= 0.3 is 11.9 Å². The van der Waals surface area contributed by atoms with Crippen LogP contribution in [-0.4, -0.2) is 43.1 Å². The van der Waals surface area contributed by atoms with E-state index in [0.717, 1.165) is 5.56 Å². The lowest BCUT2D eigenvalue weighted by molar-refractivity contribution is 0.0556. The largest absolute Gasteiger partial charge is 0.480 e. The number of hydrogen-bond acceptors (Lipinski definition) is 6. The lowest BCUT2D eigenvalue weighted by atomic mass is 10.00. The molecule has 0 aliphatic carbocycles. The maximum Gasteiger partial charge on any atom is 0.341 e. The van der Waals surface area contributed by atoms with Crippen LogP contribution in [0.2, 0.25) is 0 Å². The molecular formula is C31H25NO6. The third-order valence-electron chi connectivity index (χ3n) is 5.93. The molecule has 0 fully saturated rings. The quantitative estimate of drug-likeness (QED) is 0.180. The van der Waals surface area contributed by atoms with Gasteiger partial charge in [-0.2, -0.15) is 0 Å². The number of ether oxygens (including phenoxy) is 3. The molecule has 7 heteroatoms. The standard InChI is InChI=1S/C31H25NO6/c1-4-19-38-24-18-12-11-17-23(24)27-25(30(34)36-2)26(31(35)37-3)28(29(33)22-15-9-6-10-16-22)32(27)20-21-13-7-5-8-14-21/h1,5-18H,19-20H2,2-3H3. The molecule has 0 saturated carbocycles. The summed E-state index contributed by atoms with van der Waals surface area (Å²) in [5, 5.41) is 0. The highest BCUT2D eigenvalue weighted by atomic mass is 16.5. The second kappa shape index (κ2) is 11.8. The molecule has 190 valence electrons. The van der Waals surface area contributed by atoms with Crippen molar-refractivity contribution >= 4 is 17.7 Å². The number of aromatic nitrogens is 1. The highest BCUT2D eigenvalue weighted by molar-refractivity contribution is 6.19. The summed E-state index contributed by atoms with van der Waals surface area (Å²) >= 11 is 0. The van der Waals surface area contributed by atoms with Crippen molar-refractivity contribution in [2.75, 3.05) is 20.8 Å². The summed E-state index contributed by atoms with van der Waals surface area (Å²) in [5.41, 5.74) is 1.60. The molecule has 0 saturated heterocycles. The monoisotopic (exact) mass is 507 g/mol. The zero-order valence-electron chi connectivity index (χ0n) is 21.0. The number of nitrogens with zero attached hydrogens (tertiary/aromatic N) is 1. The Hall–Kier alpha value is -5.09. The molecule has 4 rings (SSSR count). The van der Waals surface area contributed by atoms with Crippen molar-refractivity contribution in [1.82, 2.24) is 4.57 Å². The van der Waals surface area contributed by atoms with Gasteiger partial charge in [0.15, 0.2) is 0 Å². The summed E-state index contributed by atoms with van der Waals surface area (Å²) < 4.78 is 17.6. The van der Waals surface area contributed by atoms with Crippen LogP contribution in [0.3, 0.4) is 0 Å². The predicted octanol–water partition coefficient (Wildman–Crippen LogP) is 5.02. The Kier molecular flexibility index (Phi) is 8.04. The fourth-order valence-electron chi connectivity index (χ4n) is 4.29. The summed E-state index contributed by atoms with van der Waals surface area (Å²) in [4.78, 5) is 40.6. The molecule has 7 nitrogen and oxygen atoms in total. The number of methoxy groups -OCH3 is 2. The molecule has 1 aromatic heterocycles. The van der Waals surface area contributed by atoms with Gasteiger partial charge in [0.1, 0.15) is 29.2 Å². The van der Waals surface area contributed by atoms with E-state index in [9.17, 15) is 14.4 Å². The number of benzene rings is 3. The Bertz CT molecular complexity index is 1510. The summed E-state index contributed by atoms with van der Waals surface area (Å²) in [5.74, 6) is 0.695. The SMILES string of the molecule is C#CCOc1ccccc1-c1c(C(=O)OC)c(C(=O)OC)c(C(=O)c2ccccc2)n1Cc1ccccc1. The number of terminal acetylenes is 1. The van der Waals surface area contributed by atoms with E-state index in [-0.39, 0.29) is 35.7 Å². The minimum Gasteiger partial charge on any atom is -0.480 e. The molecule has 0 spiro atoms. The number of hydrogen-bond donors (Lipinski definition) is 0. The van der Waals surface area contributed by atoms with Gasteiger partial charge in [-0.1, -0.05) is 78.7 Å². The molecule has 0 aliphatic heterocycles. The number of carbonyl (C=O) groups is 3. The lowest BCUT2D eigenvalue weighted by Crippen LogP contribution is -2.17. The van der Waals surface area contributed by atoms with Crippen LogP contribution < -0.4 is 4.74 Å². The van der Waals surface area contributed by atoms with E-state index >= 15 is 0 Å². The van der Waals surface area contributed by atoms with Crippen molar-refractivity contribution in [3.8, 4) is 29.4 Å². The minimum absolute atomic E-state index is 0.00550. The summed E-state index contributed by atoms with van der Waals surface area (Å²) in [6, 6.07) is 24.8. The van der Waals surface area contributed by atoms with E-state index in [0.29, 0.717) is 16.9 Å². The average molecular weight is 508 g/mol. The van der Waals surface area contributed by atoms with Crippen LogP contribution >= 0.6 is 0 Å². The summed E-state index contributed by atoms with van der Waals surface area (Å²) in [6.45, 7) is 0.137. The predicted molar refractivity (Wildman–Crippen MR) is 142 cm³/mol. The Morgan fingerprint density at radius 3 is 2.00 bits per heavy atom. The van der Waals surface area contributed by atoms with Gasteiger partial charge in [-0.25, -0.2) is 9.59 Å². The third-order valence-corrected chi connectivity index (χ3v) is 5.93. The van der Waals surface area contributed by atoms with Crippen molar-refractivity contribution in [2.45, 2.75) is 6.54 Å². The Labute approximate surface area is 220 Å². The topological polar surface area (TPSA) is 83.8 Å². The van der Waals surface area contributed by atoms with Gasteiger partial charge in [-0.05, 0) is 17.7 Å². The first-order valence-corrected chi connectivity index (χ1v) is 11.7. The molecule has 0 atom stereocenters. The van der Waals surface area contributed by atoms with Crippen LogP contribution in [0.15, 0.2) is 84.9 Å². The van der Waals surface area contributed by atoms with Crippen molar-refractivity contribution < 1.29 is 28.6 Å². The van der Waals surface area contributed by atoms with Gasteiger partial charge in [0.05, 0.1) is 19.9 Å². The van der Waals surface area contributed by atoms with Crippen LogP contribution in [0.25, 0.3) is 11.3 Å². The second-order valence-corrected chi connectivity index (χ2v) is 8.19. The minimum atomic E-state index is -0.847. The van der Waals surface area contributed by atoms with E-state index in [1.165, 1.54) is 14.2 Å². The van der Waals surface area contributed by atoms with Crippen molar-refractivity contribution in [3.05, 3.63) is 113 Å². The number of ketones is 1. The zero-order chi connectivity index (χ0) is 27.1. The maximum absolute atomic E-state index is 14.0. The second-order valence-electron chi connectivity index (χ2n) is 8.19. The van der Waals surface area contributed by atoms with Crippen LogP contribution in [0.4, 0.5) is 0 Å². The molecule has 0 N–H and O–H groups in total. The maximum atomic E-state index is 14.0. The highest BCUT2D eigenvalue weighted by Gasteiger charge is 2.37. The molecule has 38 heavy (non-hydrogen) atoms. The van der Waals surface area contributed by atoms with E-state index in [1.807, 2.05) is 30.3 Å². The molecule has 0 bridgehead atoms. The molecular weight excluding hydrogens is 482 g/mol. The van der Waals surface area contributed by atoms with Gasteiger partial charge in [0, 0.05) is 17.7 Å². The Balaban J connectivity index is 2.15. The highest BCUT2D eigenvalue weighted by Crippen LogP contribution is 2.39. The lowest BCUT2D eigenvalue weighted by Gasteiger charge is -2.17. The van der Waals surface area contributed by atoms with Crippen molar-refractivity contribution in [1.29, 1.82) is 0 Å². The van der Waals surface area contributed by atoms with E-state index in [2.05, 4.69) is 5.92 Å². The van der Waals surface area contributed by atoms with Crippen molar-refractivity contribution in [2.24, 2.45) is 0 Å². The molecule has 0 amide bonds. The Morgan fingerprint density at radius 1 is 0.789 bits per heavy atom. The van der Waals surface area contributed by atoms with Crippen LogP contribution in [0.5, 0.6) is 5.75 Å². The first-order chi connectivity index (χ1) is 18.5. The number of carbonyl (C=O) groups excluding carboxylic acids is 3. The normalized spacial score (nSPS) is 10.3.